The van der Waals surface area contributed by atoms with Crippen molar-refractivity contribution in [1.29, 1.82) is 0 Å². The molecule has 0 aromatic rings. The first-order valence-electron chi connectivity index (χ1n) is 3.88. The molecule has 3 N–H and O–H groups in total. The van der Waals surface area contributed by atoms with Crippen LogP contribution in [0.25, 0.3) is 0 Å². The third-order valence-electron chi connectivity index (χ3n) is 2.49. The molecule has 0 bridgehead atoms. The molecule has 7 heteroatoms. The van der Waals surface area contributed by atoms with Gasteiger partial charge in [0.05, 0.1) is 0 Å². The van der Waals surface area contributed by atoms with Gasteiger partial charge in [-0.3, -0.25) is 0 Å². The molecule has 7 nitrogen and oxygen atoms in total. The minimum atomic E-state index is -0.398. The van der Waals surface area contributed by atoms with Crippen LogP contribution in [0.1, 0.15) is 0 Å². The number of carbonyl (C=O) groups is 2. The van der Waals surface area contributed by atoms with E-state index in [1.165, 1.54) is 9.80 Å². The third kappa shape index (κ3) is 0.816. The summed E-state index contributed by atoms with van der Waals surface area (Å²) in [5.41, 5.74) is 0. The third-order valence-corrected chi connectivity index (χ3v) is 2.49. The van der Waals surface area contributed by atoms with Crippen LogP contribution in [0.3, 0.4) is 0 Å². The second-order valence-corrected chi connectivity index (χ2v) is 3.22. The van der Waals surface area contributed by atoms with Crippen molar-refractivity contribution in [3.8, 4) is 0 Å². The summed E-state index contributed by atoms with van der Waals surface area (Å²) < 4.78 is 0. The fraction of sp³-hybridized carbons (Fsp3) is 0.667. The highest BCUT2D eigenvalue weighted by atomic mass is 16.2. The van der Waals surface area contributed by atoms with E-state index in [4.69, 9.17) is 5.84 Å². The van der Waals surface area contributed by atoms with E-state index in [1.807, 2.05) is 0 Å². The molecule has 13 heavy (non-hydrogen) atoms. The van der Waals surface area contributed by atoms with Gasteiger partial charge in [-0.1, -0.05) is 0 Å². The van der Waals surface area contributed by atoms with Gasteiger partial charge in [-0.05, 0) is 0 Å². The highest BCUT2D eigenvalue weighted by Crippen LogP contribution is 2.23. The second-order valence-electron chi connectivity index (χ2n) is 3.22. The number of nitrogens with zero attached hydrogens (tertiary/aromatic N) is 3. The Bertz CT molecular complexity index is 280. The first kappa shape index (κ1) is 8.11. The number of hydrogen-bond donors (Lipinski definition) is 2. The van der Waals surface area contributed by atoms with Gasteiger partial charge in [-0.2, -0.15) is 0 Å². The molecule has 0 aromatic carbocycles. The molecule has 0 radical (unpaired) electrons. The van der Waals surface area contributed by atoms with Gasteiger partial charge in [-0.25, -0.2) is 20.4 Å². The minimum Gasteiger partial charge on any atom is -0.313 e. The lowest BCUT2D eigenvalue weighted by molar-refractivity contribution is 0.146. The van der Waals surface area contributed by atoms with Crippen molar-refractivity contribution in [2.24, 2.45) is 5.84 Å². The van der Waals surface area contributed by atoms with Gasteiger partial charge in [0.25, 0.3) is 0 Å². The van der Waals surface area contributed by atoms with Crippen LogP contribution in [-0.4, -0.2) is 53.3 Å². The van der Waals surface area contributed by atoms with Crippen molar-refractivity contribution in [3.05, 3.63) is 0 Å². The first-order valence-corrected chi connectivity index (χ1v) is 3.88. The van der Waals surface area contributed by atoms with Crippen molar-refractivity contribution >= 4 is 12.1 Å². The number of likely N-dealkylation sites (N-methyl/N-ethyl adjacent to an activating group) is 2. The zero-order valence-electron chi connectivity index (χ0n) is 7.39. The second kappa shape index (κ2) is 2.25. The summed E-state index contributed by atoms with van der Waals surface area (Å²) in [6.45, 7) is 0. The molecule has 72 valence electrons. The number of rotatable bonds is 0. The summed E-state index contributed by atoms with van der Waals surface area (Å²) in [5.74, 6) is 5.48. The summed E-state index contributed by atoms with van der Waals surface area (Å²) >= 11 is 0. The normalized spacial score (nSPS) is 32.7. The number of nitrogens with one attached hydrogen (secondary N) is 1. The zero-order chi connectivity index (χ0) is 9.75. The number of carbonyl (C=O) groups excluding carboxylic acids is 2. The van der Waals surface area contributed by atoms with Crippen molar-refractivity contribution in [2.75, 3.05) is 14.1 Å². The first-order chi connectivity index (χ1) is 6.04. The SMILES string of the molecule is CN1C(=O)N(C)C2C1NC(=O)N2N. The molecular weight excluding hydrogens is 174 g/mol. The fourth-order valence-corrected chi connectivity index (χ4v) is 1.72. The van der Waals surface area contributed by atoms with Crippen LogP contribution in [-0.2, 0) is 0 Å². The molecule has 0 aliphatic carbocycles. The van der Waals surface area contributed by atoms with Crippen LogP contribution in [0.2, 0.25) is 0 Å². The fourth-order valence-electron chi connectivity index (χ4n) is 1.72. The van der Waals surface area contributed by atoms with Crippen LogP contribution in [0.15, 0.2) is 0 Å². The molecule has 2 saturated heterocycles. The quantitative estimate of drug-likeness (QED) is 0.357. The van der Waals surface area contributed by atoms with Gasteiger partial charge >= 0.3 is 12.1 Å². The smallest absolute Gasteiger partial charge is 0.313 e. The maximum Gasteiger partial charge on any atom is 0.335 e. The monoisotopic (exact) mass is 185 g/mol. The van der Waals surface area contributed by atoms with E-state index < -0.39 is 6.17 Å². The summed E-state index contributed by atoms with van der Waals surface area (Å²) in [7, 11) is 3.24. The van der Waals surface area contributed by atoms with Gasteiger partial charge < -0.3 is 15.1 Å². The molecule has 2 aliphatic heterocycles. The average Bonchev–Trinajstić information content (AvgIpc) is 2.48. The van der Waals surface area contributed by atoms with Crippen molar-refractivity contribution < 1.29 is 9.59 Å². The van der Waals surface area contributed by atoms with E-state index in [9.17, 15) is 9.59 Å². The lowest BCUT2D eigenvalue weighted by Crippen LogP contribution is -2.48. The van der Waals surface area contributed by atoms with Crippen molar-refractivity contribution in [2.45, 2.75) is 12.3 Å². The number of hydrazine groups is 1. The number of fused-ring (bicyclic) bond motifs is 1. The van der Waals surface area contributed by atoms with Gasteiger partial charge in [0, 0.05) is 14.1 Å². The van der Waals surface area contributed by atoms with Gasteiger partial charge in [0.2, 0.25) is 0 Å². The predicted octanol–water partition coefficient (Wildman–Crippen LogP) is -1.47. The largest absolute Gasteiger partial charge is 0.335 e. The van der Waals surface area contributed by atoms with Crippen LogP contribution in [0, 0.1) is 0 Å². The summed E-state index contributed by atoms with van der Waals surface area (Å²) in [6.07, 6.45) is -0.736. The number of nitrogens with two attached hydrogens (primary N) is 1. The molecule has 0 aromatic heterocycles. The maximum atomic E-state index is 11.4. The average molecular weight is 185 g/mol. The Morgan fingerprint density at radius 1 is 1.31 bits per heavy atom. The molecule has 2 aliphatic rings. The highest BCUT2D eigenvalue weighted by Gasteiger charge is 2.51. The van der Waals surface area contributed by atoms with E-state index in [2.05, 4.69) is 5.32 Å². The van der Waals surface area contributed by atoms with E-state index in [0.29, 0.717) is 0 Å². The zero-order valence-corrected chi connectivity index (χ0v) is 7.39. The molecular formula is C6H11N5O2. The Morgan fingerprint density at radius 2 is 1.92 bits per heavy atom. The van der Waals surface area contributed by atoms with Gasteiger partial charge in [0.1, 0.15) is 6.17 Å². The van der Waals surface area contributed by atoms with Crippen LogP contribution < -0.4 is 11.2 Å². The summed E-state index contributed by atoms with van der Waals surface area (Å²) in [4.78, 5) is 25.4. The van der Waals surface area contributed by atoms with E-state index >= 15 is 0 Å². The highest BCUT2D eigenvalue weighted by molar-refractivity contribution is 5.84. The Morgan fingerprint density at radius 3 is 2.46 bits per heavy atom. The summed E-state index contributed by atoms with van der Waals surface area (Å²) in [6, 6.07) is -0.508. The van der Waals surface area contributed by atoms with Crippen LogP contribution in [0.4, 0.5) is 9.59 Å². The van der Waals surface area contributed by atoms with Crippen LogP contribution >= 0.6 is 0 Å². The molecule has 2 unspecified atom stereocenters. The number of urea groups is 2. The molecule has 4 amide bonds. The standard InChI is InChI=1S/C6H11N5O2/c1-9-3-4(10(2)6(9)13)11(7)5(12)8-3/h3-4H,7H2,1-2H3,(H,8,12). The lowest BCUT2D eigenvalue weighted by Gasteiger charge is -2.21. The van der Waals surface area contributed by atoms with E-state index in [1.54, 1.807) is 14.1 Å². The molecule has 0 saturated carbocycles. The van der Waals surface area contributed by atoms with E-state index in [-0.39, 0.29) is 18.2 Å². The molecule has 2 fully saturated rings. The molecule has 2 heterocycles. The van der Waals surface area contributed by atoms with Gasteiger partial charge in [0.15, 0.2) is 6.17 Å². The van der Waals surface area contributed by atoms with Crippen molar-refractivity contribution in [1.82, 2.24) is 20.1 Å². The number of amides is 4. The molecule has 2 atom stereocenters. The van der Waals surface area contributed by atoms with Gasteiger partial charge in [-0.15, -0.1) is 0 Å². The number of hydrogen-bond acceptors (Lipinski definition) is 3. The van der Waals surface area contributed by atoms with Crippen molar-refractivity contribution in [3.63, 3.8) is 0 Å². The minimum absolute atomic E-state index is 0.148. The van der Waals surface area contributed by atoms with Crippen LogP contribution in [0.5, 0.6) is 0 Å². The Balaban J connectivity index is 2.32. The lowest BCUT2D eigenvalue weighted by atomic mass is 10.4. The predicted molar refractivity (Wildman–Crippen MR) is 43.1 cm³/mol. The Labute approximate surface area is 75.0 Å². The summed E-state index contributed by atoms with van der Waals surface area (Å²) in [5, 5.41) is 3.64. The maximum absolute atomic E-state index is 11.4. The Hall–Kier alpha value is -1.50. The molecule has 0 spiro atoms. The Kier molecular flexibility index (Phi) is 1.41. The molecule has 2 rings (SSSR count). The van der Waals surface area contributed by atoms with E-state index in [0.717, 1.165) is 5.01 Å². The topological polar surface area (TPSA) is 81.9 Å².